The third kappa shape index (κ3) is 3.16. The second-order valence-corrected chi connectivity index (χ2v) is 6.87. The number of nitrogens with zero attached hydrogens (tertiary/aromatic N) is 2. The van der Waals surface area contributed by atoms with Crippen LogP contribution in [-0.2, 0) is 0 Å². The summed E-state index contributed by atoms with van der Waals surface area (Å²) in [7, 11) is 1.63. The number of amides is 1. The number of nitrogens with one attached hydrogen (secondary N) is 1. The zero-order valence-corrected chi connectivity index (χ0v) is 15.3. The third-order valence-electron chi connectivity index (χ3n) is 3.91. The molecule has 4 aromatic rings. The predicted molar refractivity (Wildman–Crippen MR) is 104 cm³/mol. The normalized spacial score (nSPS) is 10.8. The number of carbonyl (C=O) groups is 1. The van der Waals surface area contributed by atoms with E-state index < -0.39 is 0 Å². The quantitative estimate of drug-likeness (QED) is 0.541. The molecule has 2 aromatic heterocycles. The number of fused-ring (bicyclic) bond motifs is 1. The van der Waals surface area contributed by atoms with Gasteiger partial charge in [0.2, 0.25) is 0 Å². The van der Waals surface area contributed by atoms with Crippen molar-refractivity contribution in [1.82, 2.24) is 9.38 Å². The molecule has 0 atom stereocenters. The van der Waals surface area contributed by atoms with E-state index >= 15 is 0 Å². The molecule has 1 amide bonds. The molecule has 0 spiro atoms. The number of hydrogen-bond acceptors (Lipinski definition) is 4. The van der Waals surface area contributed by atoms with Crippen LogP contribution in [0.1, 0.15) is 10.5 Å². The lowest BCUT2D eigenvalue weighted by Crippen LogP contribution is -2.13. The Labute approximate surface area is 158 Å². The van der Waals surface area contributed by atoms with Crippen LogP contribution in [0, 0.1) is 0 Å². The van der Waals surface area contributed by atoms with Crippen LogP contribution in [0.3, 0.4) is 0 Å². The summed E-state index contributed by atoms with van der Waals surface area (Å²) in [5.74, 6) is 0.563. The summed E-state index contributed by atoms with van der Waals surface area (Å²) in [6, 6.07) is 14.7. The molecule has 0 bridgehead atoms. The Morgan fingerprint density at radius 3 is 2.81 bits per heavy atom. The van der Waals surface area contributed by atoms with Gasteiger partial charge in [0, 0.05) is 27.9 Å². The number of imidazole rings is 1. The third-order valence-corrected chi connectivity index (χ3v) is 5.00. The van der Waals surface area contributed by atoms with Gasteiger partial charge < -0.3 is 10.1 Å². The average Bonchev–Trinajstić information content (AvgIpc) is 3.24. The van der Waals surface area contributed by atoms with E-state index in [1.807, 2.05) is 30.5 Å². The zero-order chi connectivity index (χ0) is 18.1. The van der Waals surface area contributed by atoms with E-state index in [1.54, 1.807) is 41.2 Å². The lowest BCUT2D eigenvalue weighted by Gasteiger charge is -2.04. The summed E-state index contributed by atoms with van der Waals surface area (Å²) in [5.41, 5.74) is 2.94. The van der Waals surface area contributed by atoms with Crippen LogP contribution in [0.4, 0.5) is 5.69 Å². The molecule has 0 aliphatic rings. The van der Waals surface area contributed by atoms with Crippen molar-refractivity contribution in [2.24, 2.45) is 0 Å². The van der Waals surface area contributed by atoms with Crippen molar-refractivity contribution in [1.29, 1.82) is 0 Å². The van der Waals surface area contributed by atoms with Crippen LogP contribution < -0.4 is 10.1 Å². The van der Waals surface area contributed by atoms with Gasteiger partial charge >= 0.3 is 0 Å². The van der Waals surface area contributed by atoms with Gasteiger partial charge in [-0.15, -0.1) is 11.3 Å². The van der Waals surface area contributed by atoms with Crippen LogP contribution in [-0.4, -0.2) is 22.4 Å². The van der Waals surface area contributed by atoms with Gasteiger partial charge in [0.15, 0.2) is 4.96 Å². The van der Waals surface area contributed by atoms with Crippen LogP contribution in [0.2, 0.25) is 5.02 Å². The van der Waals surface area contributed by atoms with Crippen molar-refractivity contribution in [2.75, 3.05) is 12.4 Å². The minimum Gasteiger partial charge on any atom is -0.497 e. The SMILES string of the molecule is COc1cccc(-c2cn3c(C(=O)Nc4ccc(Cl)cc4)csc3n2)c1. The first-order valence-electron chi connectivity index (χ1n) is 7.82. The largest absolute Gasteiger partial charge is 0.497 e. The smallest absolute Gasteiger partial charge is 0.273 e. The van der Waals surface area contributed by atoms with Gasteiger partial charge in [0.05, 0.1) is 12.8 Å². The van der Waals surface area contributed by atoms with Gasteiger partial charge in [-0.25, -0.2) is 4.98 Å². The molecule has 130 valence electrons. The van der Waals surface area contributed by atoms with Crippen molar-refractivity contribution in [3.8, 4) is 17.0 Å². The fraction of sp³-hybridized carbons (Fsp3) is 0.0526. The molecular weight excluding hydrogens is 370 g/mol. The van der Waals surface area contributed by atoms with Gasteiger partial charge in [0.25, 0.3) is 5.91 Å². The van der Waals surface area contributed by atoms with Gasteiger partial charge in [-0.1, -0.05) is 23.7 Å². The zero-order valence-electron chi connectivity index (χ0n) is 13.8. The molecule has 0 saturated heterocycles. The highest BCUT2D eigenvalue weighted by Gasteiger charge is 2.15. The maximum atomic E-state index is 12.6. The lowest BCUT2D eigenvalue weighted by atomic mass is 10.1. The van der Waals surface area contributed by atoms with E-state index in [1.165, 1.54) is 11.3 Å². The van der Waals surface area contributed by atoms with Crippen LogP contribution in [0.5, 0.6) is 5.75 Å². The molecule has 0 radical (unpaired) electrons. The van der Waals surface area contributed by atoms with Gasteiger partial charge in [0.1, 0.15) is 11.4 Å². The highest BCUT2D eigenvalue weighted by molar-refractivity contribution is 7.15. The number of rotatable bonds is 4. The predicted octanol–water partition coefficient (Wildman–Crippen LogP) is 4.98. The summed E-state index contributed by atoms with van der Waals surface area (Å²) in [4.78, 5) is 18.0. The summed E-state index contributed by atoms with van der Waals surface area (Å²) in [5, 5.41) is 5.29. The first-order chi connectivity index (χ1) is 12.6. The van der Waals surface area contributed by atoms with Crippen LogP contribution in [0.15, 0.2) is 60.1 Å². The maximum Gasteiger partial charge on any atom is 0.273 e. The fourth-order valence-corrected chi connectivity index (χ4v) is 3.58. The van der Waals surface area contributed by atoms with Crippen molar-refractivity contribution in [3.63, 3.8) is 0 Å². The van der Waals surface area contributed by atoms with Gasteiger partial charge in [-0.2, -0.15) is 0 Å². The summed E-state index contributed by atoms with van der Waals surface area (Å²) in [6.45, 7) is 0. The Hall–Kier alpha value is -2.83. The monoisotopic (exact) mass is 383 g/mol. The summed E-state index contributed by atoms with van der Waals surface area (Å²) < 4.78 is 7.06. The van der Waals surface area contributed by atoms with E-state index in [4.69, 9.17) is 16.3 Å². The van der Waals surface area contributed by atoms with E-state index in [-0.39, 0.29) is 5.91 Å². The summed E-state index contributed by atoms with van der Waals surface area (Å²) >= 11 is 7.30. The van der Waals surface area contributed by atoms with Gasteiger partial charge in [-0.05, 0) is 36.4 Å². The Bertz CT molecular complexity index is 1090. The average molecular weight is 384 g/mol. The number of hydrogen-bond donors (Lipinski definition) is 1. The molecule has 1 N–H and O–H groups in total. The number of carbonyl (C=O) groups excluding carboxylic acids is 1. The van der Waals surface area contributed by atoms with E-state index in [0.717, 1.165) is 22.0 Å². The molecule has 0 fully saturated rings. The Morgan fingerprint density at radius 2 is 2.04 bits per heavy atom. The molecule has 26 heavy (non-hydrogen) atoms. The molecule has 0 aliphatic carbocycles. The second kappa shape index (κ2) is 6.82. The highest BCUT2D eigenvalue weighted by Crippen LogP contribution is 2.26. The van der Waals surface area contributed by atoms with Crippen LogP contribution >= 0.6 is 22.9 Å². The fourth-order valence-electron chi connectivity index (χ4n) is 2.60. The van der Waals surface area contributed by atoms with Gasteiger partial charge in [-0.3, -0.25) is 9.20 Å². The number of benzene rings is 2. The number of aromatic nitrogens is 2. The molecule has 0 saturated carbocycles. The van der Waals surface area contributed by atoms with E-state index in [2.05, 4.69) is 10.3 Å². The van der Waals surface area contributed by atoms with E-state index in [9.17, 15) is 4.79 Å². The minimum absolute atomic E-state index is 0.201. The number of ether oxygens (including phenoxy) is 1. The molecule has 5 nitrogen and oxygen atoms in total. The van der Waals surface area contributed by atoms with Crippen LogP contribution in [0.25, 0.3) is 16.2 Å². The second-order valence-electron chi connectivity index (χ2n) is 5.59. The van der Waals surface area contributed by atoms with Crippen molar-refractivity contribution < 1.29 is 9.53 Å². The summed E-state index contributed by atoms with van der Waals surface area (Å²) in [6.07, 6.45) is 1.86. The highest BCUT2D eigenvalue weighted by atomic mass is 35.5. The number of anilines is 1. The topological polar surface area (TPSA) is 55.6 Å². The molecule has 2 aromatic carbocycles. The standard InChI is InChI=1S/C19H14ClN3O2S/c1-25-15-4-2-3-12(9-15)16-10-23-17(11-26-19(23)22-16)18(24)21-14-7-5-13(20)6-8-14/h2-11H,1H3,(H,21,24). The number of methoxy groups -OCH3 is 1. The Morgan fingerprint density at radius 1 is 1.23 bits per heavy atom. The van der Waals surface area contributed by atoms with Crippen molar-refractivity contribution in [3.05, 3.63) is 70.8 Å². The van der Waals surface area contributed by atoms with E-state index in [0.29, 0.717) is 16.4 Å². The minimum atomic E-state index is -0.201. The first kappa shape index (κ1) is 16.6. The molecule has 4 rings (SSSR count). The molecule has 0 aliphatic heterocycles. The maximum absolute atomic E-state index is 12.6. The molecular formula is C19H14ClN3O2S. The lowest BCUT2D eigenvalue weighted by molar-refractivity contribution is 0.102. The first-order valence-corrected chi connectivity index (χ1v) is 9.08. The molecule has 7 heteroatoms. The molecule has 2 heterocycles. The van der Waals surface area contributed by atoms with Crippen molar-refractivity contribution in [2.45, 2.75) is 0 Å². The number of halogens is 1. The Kier molecular flexibility index (Phi) is 4.36. The Balaban J connectivity index is 1.65. The van der Waals surface area contributed by atoms with Crippen molar-refractivity contribution >= 4 is 39.5 Å². The molecule has 0 unspecified atom stereocenters. The number of thiazole rings is 1.